The third-order valence-electron chi connectivity index (χ3n) is 4.04. The van der Waals surface area contributed by atoms with Crippen molar-refractivity contribution in [3.63, 3.8) is 0 Å². The number of carbonyl (C=O) groups is 1. The molecule has 26 heavy (non-hydrogen) atoms. The fourth-order valence-electron chi connectivity index (χ4n) is 2.84. The number of rotatable bonds is 5. The van der Waals surface area contributed by atoms with Crippen LogP contribution in [0, 0.1) is 0 Å². The Labute approximate surface area is 154 Å². The van der Waals surface area contributed by atoms with E-state index < -0.39 is 13.0 Å². The first-order valence-corrected chi connectivity index (χ1v) is 10.0. The van der Waals surface area contributed by atoms with E-state index in [9.17, 15) is 4.79 Å². The van der Waals surface area contributed by atoms with Gasteiger partial charge in [0.2, 0.25) is 0 Å². The standard InChI is InChI=1S/C22H20NO2P/c1-25-22(24)17-18-23-26(19-11-5-2-6-12-19,20-13-7-3-8-14-20)21-15-9-4-10-16-21/h2-18H,1H3/b18-17-. The second-order valence-electron chi connectivity index (χ2n) is 5.60. The van der Waals surface area contributed by atoms with Gasteiger partial charge in [-0.2, -0.15) is 0 Å². The van der Waals surface area contributed by atoms with Crippen molar-refractivity contribution in [2.24, 2.45) is 4.74 Å². The number of hydrogen-bond acceptors (Lipinski definition) is 3. The molecule has 0 amide bonds. The molecule has 0 radical (unpaired) electrons. The summed E-state index contributed by atoms with van der Waals surface area (Å²) in [7, 11) is -0.928. The molecule has 0 heterocycles. The number of carbonyl (C=O) groups excluding carboxylic acids is 1. The van der Waals surface area contributed by atoms with Crippen LogP contribution >= 0.6 is 7.05 Å². The molecule has 0 aliphatic heterocycles. The maximum absolute atomic E-state index is 11.6. The molecule has 0 atom stereocenters. The first-order valence-electron chi connectivity index (χ1n) is 8.30. The van der Waals surface area contributed by atoms with Crippen LogP contribution in [-0.2, 0) is 9.53 Å². The van der Waals surface area contributed by atoms with Gasteiger partial charge in [0.25, 0.3) is 0 Å². The first kappa shape index (κ1) is 17.9. The van der Waals surface area contributed by atoms with Crippen LogP contribution in [0.3, 0.4) is 0 Å². The largest absolute Gasteiger partial charge is 0.466 e. The predicted molar refractivity (Wildman–Crippen MR) is 109 cm³/mol. The molecule has 130 valence electrons. The summed E-state index contributed by atoms with van der Waals surface area (Å²) < 4.78 is 9.69. The van der Waals surface area contributed by atoms with Crippen molar-refractivity contribution in [3.05, 3.63) is 103 Å². The van der Waals surface area contributed by atoms with Crippen LogP contribution < -0.4 is 15.9 Å². The summed E-state index contributed by atoms with van der Waals surface area (Å²) in [5.41, 5.74) is 0. The van der Waals surface area contributed by atoms with Crippen LogP contribution in [0.25, 0.3) is 0 Å². The van der Waals surface area contributed by atoms with E-state index in [0.29, 0.717) is 0 Å². The lowest BCUT2D eigenvalue weighted by molar-refractivity contribution is -0.134. The molecule has 3 aromatic rings. The number of esters is 1. The van der Waals surface area contributed by atoms with Gasteiger partial charge in [-0.1, -0.05) is 91.0 Å². The van der Waals surface area contributed by atoms with Crippen LogP contribution in [0.4, 0.5) is 0 Å². The minimum Gasteiger partial charge on any atom is -0.466 e. The van der Waals surface area contributed by atoms with Crippen LogP contribution in [0.1, 0.15) is 0 Å². The molecular formula is C22H20NO2P. The third kappa shape index (κ3) is 3.68. The number of nitrogens with zero attached hydrogens (tertiary/aromatic N) is 1. The molecule has 0 saturated carbocycles. The SMILES string of the molecule is COC(=O)/C=C\N=P(c1ccccc1)(c1ccccc1)c1ccccc1. The summed E-state index contributed by atoms with van der Waals surface area (Å²) in [6.45, 7) is 0. The number of hydrogen-bond donors (Lipinski definition) is 0. The highest BCUT2D eigenvalue weighted by molar-refractivity contribution is 7.87. The molecular weight excluding hydrogens is 341 g/mol. The van der Waals surface area contributed by atoms with Crippen LogP contribution in [-0.4, -0.2) is 13.1 Å². The van der Waals surface area contributed by atoms with Crippen molar-refractivity contribution in [2.75, 3.05) is 7.11 Å². The van der Waals surface area contributed by atoms with E-state index in [1.165, 1.54) is 13.2 Å². The van der Waals surface area contributed by atoms with E-state index in [-0.39, 0.29) is 0 Å². The summed E-state index contributed by atoms with van der Waals surface area (Å²) in [6.07, 6.45) is 2.94. The average molecular weight is 361 g/mol. The first-order chi connectivity index (χ1) is 12.8. The smallest absolute Gasteiger partial charge is 0.332 e. The Balaban J connectivity index is 2.34. The topological polar surface area (TPSA) is 38.7 Å². The predicted octanol–water partition coefficient (Wildman–Crippen LogP) is 3.85. The molecule has 0 aliphatic rings. The van der Waals surface area contributed by atoms with Crippen molar-refractivity contribution < 1.29 is 9.53 Å². The van der Waals surface area contributed by atoms with Gasteiger partial charge >= 0.3 is 5.97 Å². The Hall–Kier alpha value is -2.90. The maximum atomic E-state index is 11.6. The van der Waals surface area contributed by atoms with E-state index in [0.717, 1.165) is 15.9 Å². The van der Waals surface area contributed by atoms with E-state index in [1.54, 1.807) is 6.20 Å². The summed E-state index contributed by atoms with van der Waals surface area (Å²) in [4.78, 5) is 11.6. The molecule has 0 aromatic heterocycles. The lowest BCUT2D eigenvalue weighted by atomic mass is 10.4. The van der Waals surface area contributed by atoms with Gasteiger partial charge in [0.15, 0.2) is 0 Å². The van der Waals surface area contributed by atoms with E-state index in [4.69, 9.17) is 9.48 Å². The highest BCUT2D eigenvalue weighted by atomic mass is 31.2. The van der Waals surface area contributed by atoms with Crippen molar-refractivity contribution in [3.8, 4) is 0 Å². The van der Waals surface area contributed by atoms with Gasteiger partial charge in [-0.15, -0.1) is 0 Å². The fourth-order valence-corrected chi connectivity index (χ4v) is 6.21. The zero-order chi connectivity index (χ0) is 18.2. The molecule has 3 nitrogen and oxygen atoms in total. The fraction of sp³-hybridized carbons (Fsp3) is 0.0455. The molecule has 3 rings (SSSR count). The minimum atomic E-state index is -2.29. The normalized spacial score (nSPS) is 11.3. The van der Waals surface area contributed by atoms with E-state index >= 15 is 0 Å². The summed E-state index contributed by atoms with van der Waals surface area (Å²) in [6, 6.07) is 30.7. The van der Waals surface area contributed by atoms with Gasteiger partial charge < -0.3 is 4.74 Å². The quantitative estimate of drug-likeness (QED) is 0.393. The zero-order valence-electron chi connectivity index (χ0n) is 14.5. The Morgan fingerprint density at radius 1 is 0.769 bits per heavy atom. The van der Waals surface area contributed by atoms with Crippen molar-refractivity contribution in [2.45, 2.75) is 0 Å². The zero-order valence-corrected chi connectivity index (χ0v) is 15.4. The molecule has 0 unspecified atom stereocenters. The second-order valence-corrected chi connectivity index (χ2v) is 8.65. The molecule has 3 aromatic carbocycles. The van der Waals surface area contributed by atoms with Gasteiger partial charge in [0, 0.05) is 28.2 Å². The van der Waals surface area contributed by atoms with Crippen molar-refractivity contribution in [1.29, 1.82) is 0 Å². The maximum Gasteiger partial charge on any atom is 0.332 e. The second kappa shape index (κ2) is 8.46. The third-order valence-corrected chi connectivity index (χ3v) is 7.66. The van der Waals surface area contributed by atoms with Crippen LogP contribution in [0.15, 0.2) is 108 Å². The van der Waals surface area contributed by atoms with E-state index in [2.05, 4.69) is 36.4 Å². The van der Waals surface area contributed by atoms with Gasteiger partial charge in [0.05, 0.1) is 14.2 Å². The highest BCUT2D eigenvalue weighted by Gasteiger charge is 2.26. The molecule has 0 bridgehead atoms. The number of benzene rings is 3. The van der Waals surface area contributed by atoms with Crippen molar-refractivity contribution >= 4 is 28.9 Å². The molecule has 0 saturated heterocycles. The Bertz CT molecular complexity index is 832. The van der Waals surface area contributed by atoms with Gasteiger partial charge in [-0.25, -0.2) is 4.79 Å². The molecule has 0 spiro atoms. The van der Waals surface area contributed by atoms with Gasteiger partial charge in [-0.3, -0.25) is 4.74 Å². The van der Waals surface area contributed by atoms with Crippen LogP contribution in [0.2, 0.25) is 0 Å². The molecule has 0 fully saturated rings. The number of ether oxygens (including phenoxy) is 1. The van der Waals surface area contributed by atoms with Crippen molar-refractivity contribution in [1.82, 2.24) is 0 Å². The molecule has 0 aliphatic carbocycles. The molecule has 4 heteroatoms. The monoisotopic (exact) mass is 361 g/mol. The van der Waals surface area contributed by atoms with E-state index in [1.807, 2.05) is 54.6 Å². The Morgan fingerprint density at radius 2 is 1.15 bits per heavy atom. The average Bonchev–Trinajstić information content (AvgIpc) is 2.73. The summed E-state index contributed by atoms with van der Waals surface area (Å²) in [5, 5.41) is 3.39. The summed E-state index contributed by atoms with van der Waals surface area (Å²) in [5.74, 6) is -0.416. The number of methoxy groups -OCH3 is 1. The highest BCUT2D eigenvalue weighted by Crippen LogP contribution is 2.46. The Kier molecular flexibility index (Phi) is 5.83. The van der Waals surface area contributed by atoms with Crippen LogP contribution in [0.5, 0.6) is 0 Å². The summed E-state index contributed by atoms with van der Waals surface area (Å²) >= 11 is 0. The van der Waals surface area contributed by atoms with Gasteiger partial charge in [-0.05, 0) is 0 Å². The Morgan fingerprint density at radius 3 is 1.50 bits per heavy atom. The lowest BCUT2D eigenvalue weighted by Gasteiger charge is -2.26. The lowest BCUT2D eigenvalue weighted by Crippen LogP contribution is -2.25. The molecule has 0 N–H and O–H groups in total. The minimum absolute atomic E-state index is 0.416. The van der Waals surface area contributed by atoms with Gasteiger partial charge in [0.1, 0.15) is 0 Å².